The van der Waals surface area contributed by atoms with Crippen molar-refractivity contribution in [2.75, 3.05) is 6.61 Å². The van der Waals surface area contributed by atoms with Crippen molar-refractivity contribution in [1.29, 1.82) is 0 Å². The van der Waals surface area contributed by atoms with Crippen LogP contribution in [0.1, 0.15) is 16.2 Å². The zero-order chi connectivity index (χ0) is 12.8. The molecule has 1 N–H and O–H groups in total. The molecule has 1 aromatic carbocycles. The number of para-hydroxylation sites is 1. The third kappa shape index (κ3) is 3.28. The first-order chi connectivity index (χ1) is 8.75. The quantitative estimate of drug-likeness (QED) is 0.868. The van der Waals surface area contributed by atoms with Crippen molar-refractivity contribution in [1.82, 2.24) is 10.2 Å². The zero-order valence-corrected chi connectivity index (χ0v) is 9.61. The van der Waals surface area contributed by atoms with Crippen LogP contribution >= 0.6 is 0 Å². The molecule has 1 aromatic heterocycles. The number of ether oxygens (including phenoxy) is 1. The summed E-state index contributed by atoms with van der Waals surface area (Å²) in [6.45, 7) is 0.477. The third-order valence-electron chi connectivity index (χ3n) is 2.31. The Hall–Kier alpha value is -2.43. The van der Waals surface area contributed by atoms with E-state index in [-0.39, 0.29) is 5.69 Å². The molecule has 0 bridgehead atoms. The van der Waals surface area contributed by atoms with E-state index in [1.54, 1.807) is 6.07 Å². The Morgan fingerprint density at radius 2 is 1.89 bits per heavy atom. The van der Waals surface area contributed by atoms with E-state index in [0.29, 0.717) is 18.7 Å². The summed E-state index contributed by atoms with van der Waals surface area (Å²) in [6.07, 6.45) is 0.585. The van der Waals surface area contributed by atoms with Crippen molar-refractivity contribution in [2.24, 2.45) is 0 Å². The van der Waals surface area contributed by atoms with Gasteiger partial charge in [0, 0.05) is 6.42 Å². The summed E-state index contributed by atoms with van der Waals surface area (Å²) in [4.78, 5) is 10.6. The fraction of sp³-hybridized carbons (Fsp3) is 0.154. The molecular formula is C13H12N2O3. The number of aromatic nitrogens is 2. The smallest absolute Gasteiger partial charge is 0.356 e. The van der Waals surface area contributed by atoms with Gasteiger partial charge in [-0.2, -0.15) is 5.10 Å². The summed E-state index contributed by atoms with van der Waals surface area (Å²) in [5.41, 5.74) is 0.652. The van der Waals surface area contributed by atoms with Crippen LogP contribution in [-0.2, 0) is 6.42 Å². The van der Waals surface area contributed by atoms with E-state index in [0.717, 1.165) is 5.75 Å². The van der Waals surface area contributed by atoms with E-state index in [1.165, 1.54) is 6.07 Å². The lowest BCUT2D eigenvalue weighted by molar-refractivity contribution is 0.0689. The summed E-state index contributed by atoms with van der Waals surface area (Å²) in [7, 11) is 0. The zero-order valence-electron chi connectivity index (χ0n) is 9.61. The fourth-order valence-electron chi connectivity index (χ4n) is 1.40. The highest BCUT2D eigenvalue weighted by Crippen LogP contribution is 2.08. The second-order valence-corrected chi connectivity index (χ2v) is 3.63. The number of rotatable bonds is 5. The van der Waals surface area contributed by atoms with Gasteiger partial charge in [-0.25, -0.2) is 4.79 Å². The summed E-state index contributed by atoms with van der Waals surface area (Å²) in [6, 6.07) is 12.5. The van der Waals surface area contributed by atoms with E-state index in [2.05, 4.69) is 10.2 Å². The Morgan fingerprint density at radius 1 is 1.11 bits per heavy atom. The van der Waals surface area contributed by atoms with Gasteiger partial charge >= 0.3 is 5.97 Å². The Labute approximate surface area is 104 Å². The number of carbonyl (C=O) groups is 1. The van der Waals surface area contributed by atoms with Crippen LogP contribution in [0.5, 0.6) is 5.75 Å². The molecule has 0 saturated heterocycles. The molecule has 0 atom stereocenters. The molecule has 0 aliphatic rings. The molecular weight excluding hydrogens is 232 g/mol. The Kier molecular flexibility index (Phi) is 3.86. The number of carboxylic acids is 1. The average Bonchev–Trinajstić information content (AvgIpc) is 2.40. The van der Waals surface area contributed by atoms with Crippen LogP contribution in [-0.4, -0.2) is 27.9 Å². The number of hydrogen-bond donors (Lipinski definition) is 1. The van der Waals surface area contributed by atoms with Crippen LogP contribution in [0.25, 0.3) is 0 Å². The van der Waals surface area contributed by atoms with Crippen molar-refractivity contribution >= 4 is 5.97 Å². The van der Waals surface area contributed by atoms with Crippen molar-refractivity contribution in [3.8, 4) is 5.75 Å². The number of carboxylic acid groups (broad SMARTS) is 1. The largest absolute Gasteiger partial charge is 0.493 e. The topological polar surface area (TPSA) is 72.3 Å². The normalized spacial score (nSPS) is 10.0. The van der Waals surface area contributed by atoms with Gasteiger partial charge in [0.05, 0.1) is 12.3 Å². The van der Waals surface area contributed by atoms with E-state index < -0.39 is 5.97 Å². The summed E-state index contributed by atoms with van der Waals surface area (Å²) >= 11 is 0. The molecule has 5 nitrogen and oxygen atoms in total. The van der Waals surface area contributed by atoms with Crippen LogP contribution in [0.2, 0.25) is 0 Å². The van der Waals surface area contributed by atoms with Crippen molar-refractivity contribution in [2.45, 2.75) is 6.42 Å². The molecule has 0 saturated carbocycles. The second-order valence-electron chi connectivity index (χ2n) is 3.63. The van der Waals surface area contributed by atoms with E-state index in [9.17, 15) is 4.79 Å². The predicted octanol–water partition coefficient (Wildman–Crippen LogP) is 1.80. The molecule has 0 radical (unpaired) electrons. The summed E-state index contributed by atoms with van der Waals surface area (Å²) < 4.78 is 5.50. The van der Waals surface area contributed by atoms with Gasteiger partial charge in [0.2, 0.25) is 0 Å². The molecule has 0 amide bonds. The first-order valence-electron chi connectivity index (χ1n) is 5.49. The molecule has 0 spiro atoms. The summed E-state index contributed by atoms with van der Waals surface area (Å²) in [5, 5.41) is 16.1. The first-order valence-corrected chi connectivity index (χ1v) is 5.49. The molecule has 0 aliphatic carbocycles. The highest BCUT2D eigenvalue weighted by Gasteiger charge is 2.04. The first kappa shape index (κ1) is 12.0. The van der Waals surface area contributed by atoms with Crippen LogP contribution < -0.4 is 4.74 Å². The van der Waals surface area contributed by atoms with Crippen molar-refractivity contribution < 1.29 is 14.6 Å². The van der Waals surface area contributed by atoms with Gasteiger partial charge in [-0.05, 0) is 24.3 Å². The minimum absolute atomic E-state index is 0.0530. The number of nitrogens with zero attached hydrogens (tertiary/aromatic N) is 2. The van der Waals surface area contributed by atoms with Gasteiger partial charge < -0.3 is 9.84 Å². The molecule has 1 heterocycles. The molecule has 0 aliphatic heterocycles. The number of hydrogen-bond acceptors (Lipinski definition) is 4. The SMILES string of the molecule is O=C(O)c1ccc(CCOc2ccccc2)nn1. The summed E-state index contributed by atoms with van der Waals surface area (Å²) in [5.74, 6) is -0.276. The lowest BCUT2D eigenvalue weighted by atomic mass is 10.3. The van der Waals surface area contributed by atoms with Crippen molar-refractivity contribution in [3.05, 3.63) is 53.9 Å². The molecule has 18 heavy (non-hydrogen) atoms. The van der Waals surface area contributed by atoms with Gasteiger partial charge in [0.15, 0.2) is 5.69 Å². The highest BCUT2D eigenvalue weighted by molar-refractivity contribution is 5.84. The molecule has 5 heteroatoms. The highest BCUT2D eigenvalue weighted by atomic mass is 16.5. The Morgan fingerprint density at radius 3 is 2.50 bits per heavy atom. The predicted molar refractivity (Wildman–Crippen MR) is 64.6 cm³/mol. The fourth-order valence-corrected chi connectivity index (χ4v) is 1.40. The van der Waals surface area contributed by atoms with E-state index >= 15 is 0 Å². The number of aromatic carboxylic acids is 1. The maximum absolute atomic E-state index is 10.6. The Bertz CT molecular complexity index is 512. The lowest BCUT2D eigenvalue weighted by Gasteiger charge is -2.04. The van der Waals surface area contributed by atoms with Crippen LogP contribution in [0.4, 0.5) is 0 Å². The van der Waals surface area contributed by atoms with Crippen LogP contribution in [0, 0.1) is 0 Å². The monoisotopic (exact) mass is 244 g/mol. The van der Waals surface area contributed by atoms with E-state index in [4.69, 9.17) is 9.84 Å². The molecule has 92 valence electrons. The second kappa shape index (κ2) is 5.77. The van der Waals surface area contributed by atoms with Crippen molar-refractivity contribution in [3.63, 3.8) is 0 Å². The van der Waals surface area contributed by atoms with E-state index in [1.807, 2.05) is 30.3 Å². The van der Waals surface area contributed by atoms with Gasteiger partial charge in [-0.1, -0.05) is 18.2 Å². The number of benzene rings is 1. The molecule has 2 rings (SSSR count). The third-order valence-corrected chi connectivity index (χ3v) is 2.31. The maximum atomic E-state index is 10.6. The minimum Gasteiger partial charge on any atom is -0.493 e. The molecule has 0 unspecified atom stereocenters. The van der Waals surface area contributed by atoms with Gasteiger partial charge in [-0.15, -0.1) is 5.10 Å². The van der Waals surface area contributed by atoms with Gasteiger partial charge in [-0.3, -0.25) is 0 Å². The molecule has 2 aromatic rings. The maximum Gasteiger partial charge on any atom is 0.356 e. The lowest BCUT2D eigenvalue weighted by Crippen LogP contribution is -2.07. The average molecular weight is 244 g/mol. The van der Waals surface area contributed by atoms with Crippen LogP contribution in [0.15, 0.2) is 42.5 Å². The minimum atomic E-state index is -1.07. The van der Waals surface area contributed by atoms with Gasteiger partial charge in [0.25, 0.3) is 0 Å². The Balaban J connectivity index is 1.85. The standard InChI is InChI=1S/C13H12N2O3/c16-13(17)12-7-6-10(14-15-12)8-9-18-11-4-2-1-3-5-11/h1-7H,8-9H2,(H,16,17). The molecule has 0 fully saturated rings. The van der Waals surface area contributed by atoms with Gasteiger partial charge in [0.1, 0.15) is 5.75 Å². The van der Waals surface area contributed by atoms with Crippen LogP contribution in [0.3, 0.4) is 0 Å².